The number of aryl methyl sites for hydroxylation is 1. The first-order valence-electron chi connectivity index (χ1n) is 10.0. The number of hydrogen-bond donors (Lipinski definition) is 1. The first kappa shape index (κ1) is 20.8. The zero-order chi connectivity index (χ0) is 23.4. The van der Waals surface area contributed by atoms with Gasteiger partial charge < -0.3 is 5.11 Å². The van der Waals surface area contributed by atoms with E-state index in [1.165, 1.54) is 27.6 Å². The lowest BCUT2D eigenvalue weighted by Crippen LogP contribution is -2.37. The summed E-state index contributed by atoms with van der Waals surface area (Å²) in [5.41, 5.74) is -0.601. The second-order valence-electron chi connectivity index (χ2n) is 7.53. The average Bonchev–Trinajstić information content (AvgIpc) is 3.23. The van der Waals surface area contributed by atoms with E-state index in [0.29, 0.717) is 11.3 Å². The summed E-state index contributed by atoms with van der Waals surface area (Å²) in [7, 11) is 2.84. The Bertz CT molecular complexity index is 1730. The van der Waals surface area contributed by atoms with E-state index in [0.717, 1.165) is 9.46 Å². The normalized spacial score (nSPS) is 11.5. The van der Waals surface area contributed by atoms with Crippen LogP contribution in [0.2, 0.25) is 0 Å². The molecule has 0 spiro atoms. The maximum Gasteiger partial charge on any atom is 0.332 e. The molecule has 5 aromatic rings. The molecule has 0 unspecified atom stereocenters. The minimum absolute atomic E-state index is 0.00114. The molecule has 33 heavy (non-hydrogen) atoms. The number of rotatable bonds is 3. The van der Waals surface area contributed by atoms with E-state index in [4.69, 9.17) is 0 Å². The van der Waals surface area contributed by atoms with Gasteiger partial charge in [0.05, 0.1) is 5.69 Å². The number of fused-ring (bicyclic) bond motifs is 3. The fraction of sp³-hybridized carbons (Fsp3) is 0.130. The summed E-state index contributed by atoms with van der Waals surface area (Å²) in [6.07, 6.45) is 1.95. The molecule has 0 aliphatic carbocycles. The summed E-state index contributed by atoms with van der Waals surface area (Å²) >= 11 is 1.56. The Kier molecular flexibility index (Phi) is 4.75. The molecule has 166 valence electrons. The van der Waals surface area contributed by atoms with Crippen molar-refractivity contribution in [3.63, 3.8) is 0 Å². The molecule has 2 aromatic carbocycles. The maximum atomic E-state index is 13.7. The van der Waals surface area contributed by atoms with Crippen LogP contribution in [0.15, 0.2) is 73.9 Å². The molecule has 0 saturated carbocycles. The molecule has 0 saturated heterocycles. The van der Waals surface area contributed by atoms with Gasteiger partial charge in [-0.05, 0) is 36.1 Å². The number of nitrogens with zero attached hydrogens (tertiary/aromatic N) is 5. The summed E-state index contributed by atoms with van der Waals surface area (Å²) in [6.45, 7) is 0. The highest BCUT2D eigenvalue weighted by Crippen LogP contribution is 2.30. The lowest BCUT2D eigenvalue weighted by atomic mass is 10.1. The quantitative estimate of drug-likeness (QED) is 0.413. The number of imidazole rings is 1. The van der Waals surface area contributed by atoms with Crippen molar-refractivity contribution in [3.05, 3.63) is 85.8 Å². The number of thioether (sulfide) groups is 1. The van der Waals surface area contributed by atoms with Crippen LogP contribution in [0, 0.1) is 0 Å². The van der Waals surface area contributed by atoms with Crippen molar-refractivity contribution in [3.8, 4) is 22.7 Å². The Morgan fingerprint density at radius 2 is 1.55 bits per heavy atom. The Morgan fingerprint density at radius 3 is 2.18 bits per heavy atom. The molecular weight excluding hydrogens is 442 g/mol. The molecule has 0 fully saturated rings. The standard InChI is InChI=1S/C23H19N5O4S/c1-25-18-17(21(31)26(2)23(25)32)28-20(30)16(13-7-5-4-6-8-13)19(29)27(22(28)24-18)14-9-11-15(33-3)12-10-14/h4-12,30H,1-3H3. The van der Waals surface area contributed by atoms with E-state index in [1.807, 2.05) is 18.4 Å². The molecule has 3 aromatic heterocycles. The fourth-order valence-corrected chi connectivity index (χ4v) is 4.37. The first-order valence-corrected chi connectivity index (χ1v) is 11.2. The molecule has 1 N–H and O–H groups in total. The van der Waals surface area contributed by atoms with Crippen LogP contribution < -0.4 is 16.8 Å². The van der Waals surface area contributed by atoms with E-state index in [1.54, 1.807) is 54.2 Å². The van der Waals surface area contributed by atoms with E-state index < -0.39 is 22.7 Å². The Morgan fingerprint density at radius 1 is 0.879 bits per heavy atom. The van der Waals surface area contributed by atoms with E-state index >= 15 is 0 Å². The first-order chi connectivity index (χ1) is 15.8. The predicted molar refractivity (Wildman–Crippen MR) is 128 cm³/mol. The molecular formula is C23H19N5O4S. The van der Waals surface area contributed by atoms with Crippen molar-refractivity contribution in [1.29, 1.82) is 0 Å². The van der Waals surface area contributed by atoms with Crippen molar-refractivity contribution in [2.24, 2.45) is 14.1 Å². The maximum absolute atomic E-state index is 13.7. The molecule has 0 aliphatic heterocycles. The summed E-state index contributed by atoms with van der Waals surface area (Å²) in [4.78, 5) is 44.8. The van der Waals surface area contributed by atoms with Crippen LogP contribution in [0.3, 0.4) is 0 Å². The van der Waals surface area contributed by atoms with Crippen LogP contribution in [0.4, 0.5) is 0 Å². The van der Waals surface area contributed by atoms with Gasteiger partial charge in [-0.3, -0.25) is 18.7 Å². The molecule has 0 atom stereocenters. The number of hydrogen-bond acceptors (Lipinski definition) is 6. The SMILES string of the molecule is CSc1ccc(-n2c(=O)c(-c3ccccc3)c(O)n3c4c(=O)n(C)c(=O)n(C)c4nc23)cc1. The Labute approximate surface area is 190 Å². The van der Waals surface area contributed by atoms with Gasteiger partial charge in [0.2, 0.25) is 11.7 Å². The smallest absolute Gasteiger partial charge is 0.332 e. The third-order valence-electron chi connectivity index (χ3n) is 5.69. The van der Waals surface area contributed by atoms with Gasteiger partial charge in [0.25, 0.3) is 11.1 Å². The van der Waals surface area contributed by atoms with Gasteiger partial charge in [0.15, 0.2) is 11.2 Å². The highest BCUT2D eigenvalue weighted by atomic mass is 32.2. The average molecular weight is 462 g/mol. The molecule has 0 amide bonds. The summed E-state index contributed by atoms with van der Waals surface area (Å²) < 4.78 is 4.75. The van der Waals surface area contributed by atoms with Crippen LogP contribution in [-0.2, 0) is 14.1 Å². The van der Waals surface area contributed by atoms with Gasteiger partial charge >= 0.3 is 5.69 Å². The minimum Gasteiger partial charge on any atom is -0.494 e. The summed E-state index contributed by atoms with van der Waals surface area (Å²) in [6, 6.07) is 16.0. The third kappa shape index (κ3) is 2.94. The van der Waals surface area contributed by atoms with Crippen molar-refractivity contribution < 1.29 is 5.11 Å². The monoisotopic (exact) mass is 461 g/mol. The highest BCUT2D eigenvalue weighted by Gasteiger charge is 2.25. The van der Waals surface area contributed by atoms with E-state index in [2.05, 4.69) is 4.98 Å². The van der Waals surface area contributed by atoms with Gasteiger partial charge in [-0.15, -0.1) is 11.8 Å². The van der Waals surface area contributed by atoms with Gasteiger partial charge in [-0.2, -0.15) is 4.98 Å². The van der Waals surface area contributed by atoms with Crippen molar-refractivity contribution in [2.45, 2.75) is 4.90 Å². The number of benzene rings is 2. The summed E-state index contributed by atoms with van der Waals surface area (Å²) in [5.74, 6) is -0.390. The van der Waals surface area contributed by atoms with Gasteiger partial charge in [0.1, 0.15) is 5.56 Å². The second-order valence-corrected chi connectivity index (χ2v) is 8.41. The summed E-state index contributed by atoms with van der Waals surface area (Å²) in [5, 5.41) is 11.3. The van der Waals surface area contributed by atoms with Crippen molar-refractivity contribution in [2.75, 3.05) is 6.26 Å². The molecule has 9 nitrogen and oxygen atoms in total. The zero-order valence-electron chi connectivity index (χ0n) is 18.0. The third-order valence-corrected chi connectivity index (χ3v) is 6.43. The zero-order valence-corrected chi connectivity index (χ0v) is 18.8. The topological polar surface area (TPSA) is 104 Å². The Balaban J connectivity index is 2.06. The largest absolute Gasteiger partial charge is 0.494 e. The van der Waals surface area contributed by atoms with Crippen LogP contribution in [0.25, 0.3) is 33.8 Å². The Hall–Kier alpha value is -4.05. The number of aromatic hydroxyl groups is 1. The van der Waals surface area contributed by atoms with Gasteiger partial charge in [0, 0.05) is 19.0 Å². The molecule has 5 rings (SSSR count). The second kappa shape index (κ2) is 7.52. The van der Waals surface area contributed by atoms with Crippen LogP contribution in [-0.4, -0.2) is 34.4 Å². The fourth-order valence-electron chi connectivity index (χ4n) is 3.97. The van der Waals surface area contributed by atoms with Crippen molar-refractivity contribution in [1.82, 2.24) is 23.1 Å². The molecule has 0 radical (unpaired) electrons. The molecule has 3 heterocycles. The van der Waals surface area contributed by atoms with Gasteiger partial charge in [-0.25, -0.2) is 13.8 Å². The van der Waals surface area contributed by atoms with Crippen molar-refractivity contribution >= 4 is 28.7 Å². The lowest BCUT2D eigenvalue weighted by molar-refractivity contribution is 0.447. The highest BCUT2D eigenvalue weighted by molar-refractivity contribution is 7.98. The minimum atomic E-state index is -0.627. The predicted octanol–water partition coefficient (Wildman–Crippen LogP) is 2.13. The molecule has 0 aliphatic rings. The van der Waals surface area contributed by atoms with E-state index in [9.17, 15) is 19.5 Å². The molecule has 10 heteroatoms. The number of aromatic nitrogens is 5. The van der Waals surface area contributed by atoms with E-state index in [-0.39, 0.29) is 22.5 Å². The molecule has 0 bridgehead atoms. The van der Waals surface area contributed by atoms with Crippen LogP contribution in [0.1, 0.15) is 0 Å². The van der Waals surface area contributed by atoms with Crippen LogP contribution in [0.5, 0.6) is 5.88 Å². The van der Waals surface area contributed by atoms with Crippen LogP contribution >= 0.6 is 11.8 Å². The van der Waals surface area contributed by atoms with Gasteiger partial charge in [-0.1, -0.05) is 30.3 Å². The lowest BCUT2D eigenvalue weighted by Gasteiger charge is -2.14.